The molecule has 24 heavy (non-hydrogen) atoms. The van der Waals surface area contributed by atoms with Crippen molar-refractivity contribution in [3.63, 3.8) is 0 Å². The minimum Gasteiger partial charge on any atom is -0.488 e. The molecule has 6 nitrogen and oxygen atoms in total. The van der Waals surface area contributed by atoms with Gasteiger partial charge in [0.2, 0.25) is 0 Å². The quantitative estimate of drug-likeness (QED) is 0.572. The first-order valence-electron chi connectivity index (χ1n) is 8.34. The first-order valence-corrected chi connectivity index (χ1v) is 10.4. The SMILES string of the molecule is CCNC(=NCC1Cc2ccccc2O1)NC(C)CCS(C)(=O)=O. The summed E-state index contributed by atoms with van der Waals surface area (Å²) in [6.07, 6.45) is 2.72. The Labute approximate surface area is 144 Å². The number of aliphatic imine (C=N–C) groups is 1. The van der Waals surface area contributed by atoms with Gasteiger partial charge >= 0.3 is 0 Å². The Hall–Kier alpha value is -1.76. The Kier molecular flexibility index (Phi) is 6.48. The van der Waals surface area contributed by atoms with Crippen LogP contribution in [0.1, 0.15) is 25.8 Å². The van der Waals surface area contributed by atoms with Gasteiger partial charge in [-0.15, -0.1) is 0 Å². The van der Waals surface area contributed by atoms with E-state index in [0.29, 0.717) is 18.9 Å². The lowest BCUT2D eigenvalue weighted by Crippen LogP contribution is -2.43. The standard InChI is InChI=1S/C17H27N3O3S/c1-4-18-17(20-13(2)9-10-24(3,21)22)19-12-15-11-14-7-5-6-8-16(14)23-15/h5-8,13,15H,4,9-12H2,1-3H3,(H2,18,19,20). The maximum absolute atomic E-state index is 11.3. The summed E-state index contributed by atoms with van der Waals surface area (Å²) in [6, 6.07) is 8.08. The van der Waals surface area contributed by atoms with Crippen molar-refractivity contribution in [1.29, 1.82) is 0 Å². The number of nitrogens with zero attached hydrogens (tertiary/aromatic N) is 1. The molecule has 2 atom stereocenters. The van der Waals surface area contributed by atoms with Crippen LogP contribution in [0.15, 0.2) is 29.3 Å². The van der Waals surface area contributed by atoms with Crippen LogP contribution in [0.5, 0.6) is 5.75 Å². The van der Waals surface area contributed by atoms with E-state index in [1.165, 1.54) is 11.8 Å². The van der Waals surface area contributed by atoms with Gasteiger partial charge in [-0.05, 0) is 31.9 Å². The van der Waals surface area contributed by atoms with Crippen LogP contribution in [0.25, 0.3) is 0 Å². The van der Waals surface area contributed by atoms with Crippen LogP contribution in [0.3, 0.4) is 0 Å². The topological polar surface area (TPSA) is 79.8 Å². The van der Waals surface area contributed by atoms with Crippen molar-refractivity contribution in [1.82, 2.24) is 10.6 Å². The predicted octanol–water partition coefficient (Wildman–Crippen LogP) is 1.37. The van der Waals surface area contributed by atoms with E-state index in [9.17, 15) is 8.42 Å². The van der Waals surface area contributed by atoms with Gasteiger partial charge in [0.15, 0.2) is 5.96 Å². The van der Waals surface area contributed by atoms with Crippen molar-refractivity contribution in [3.8, 4) is 5.75 Å². The molecule has 1 aliphatic rings. The molecule has 0 aromatic heterocycles. The molecule has 1 aromatic rings. The van der Waals surface area contributed by atoms with E-state index < -0.39 is 9.84 Å². The molecular weight excluding hydrogens is 326 g/mol. The van der Waals surface area contributed by atoms with E-state index >= 15 is 0 Å². The van der Waals surface area contributed by atoms with Gasteiger partial charge in [0.25, 0.3) is 0 Å². The van der Waals surface area contributed by atoms with E-state index in [0.717, 1.165) is 18.7 Å². The third-order valence-electron chi connectivity index (χ3n) is 3.82. The Balaban J connectivity index is 1.87. The van der Waals surface area contributed by atoms with Gasteiger partial charge in [-0.3, -0.25) is 0 Å². The number of nitrogens with one attached hydrogen (secondary N) is 2. The summed E-state index contributed by atoms with van der Waals surface area (Å²) in [4.78, 5) is 4.58. The number of para-hydroxylation sites is 1. The summed E-state index contributed by atoms with van der Waals surface area (Å²) in [5.74, 6) is 1.80. The average Bonchev–Trinajstić information content (AvgIpc) is 2.93. The Morgan fingerprint density at radius 2 is 2.17 bits per heavy atom. The summed E-state index contributed by atoms with van der Waals surface area (Å²) < 4.78 is 28.4. The molecule has 0 aliphatic carbocycles. The molecule has 7 heteroatoms. The lowest BCUT2D eigenvalue weighted by molar-refractivity contribution is 0.241. The molecule has 0 saturated heterocycles. The lowest BCUT2D eigenvalue weighted by atomic mass is 10.1. The molecule has 134 valence electrons. The number of fused-ring (bicyclic) bond motifs is 1. The first-order chi connectivity index (χ1) is 11.4. The zero-order chi connectivity index (χ0) is 17.6. The second-order valence-corrected chi connectivity index (χ2v) is 8.50. The van der Waals surface area contributed by atoms with Crippen LogP contribution >= 0.6 is 0 Å². The third-order valence-corrected chi connectivity index (χ3v) is 4.79. The number of hydrogen-bond acceptors (Lipinski definition) is 4. The number of benzene rings is 1. The van der Waals surface area contributed by atoms with E-state index in [-0.39, 0.29) is 17.9 Å². The largest absolute Gasteiger partial charge is 0.488 e. The summed E-state index contributed by atoms with van der Waals surface area (Å²) in [5.41, 5.74) is 1.22. The van der Waals surface area contributed by atoms with Crippen molar-refractivity contribution in [2.75, 3.05) is 25.1 Å². The maximum atomic E-state index is 11.3. The predicted molar refractivity (Wildman–Crippen MR) is 97.5 cm³/mol. The Morgan fingerprint density at radius 1 is 1.42 bits per heavy atom. The number of ether oxygens (including phenoxy) is 1. The molecule has 0 radical (unpaired) electrons. The highest BCUT2D eigenvalue weighted by Crippen LogP contribution is 2.28. The Morgan fingerprint density at radius 3 is 2.83 bits per heavy atom. The van der Waals surface area contributed by atoms with Crippen molar-refractivity contribution < 1.29 is 13.2 Å². The van der Waals surface area contributed by atoms with Gasteiger partial charge in [-0.1, -0.05) is 18.2 Å². The normalized spacial score (nSPS) is 18.6. The fourth-order valence-electron chi connectivity index (χ4n) is 2.57. The Bertz CT molecular complexity index is 648. The minimum absolute atomic E-state index is 0.0271. The summed E-state index contributed by atoms with van der Waals surface area (Å²) in [7, 11) is -2.94. The summed E-state index contributed by atoms with van der Waals surface area (Å²) in [6.45, 7) is 5.26. The monoisotopic (exact) mass is 353 g/mol. The van der Waals surface area contributed by atoms with Crippen molar-refractivity contribution in [2.45, 2.75) is 38.8 Å². The number of sulfone groups is 1. The fourth-order valence-corrected chi connectivity index (χ4v) is 3.35. The van der Waals surface area contributed by atoms with E-state index in [1.54, 1.807) is 0 Å². The first kappa shape index (κ1) is 18.6. The van der Waals surface area contributed by atoms with Crippen molar-refractivity contribution >= 4 is 15.8 Å². The van der Waals surface area contributed by atoms with Crippen LogP contribution in [-0.2, 0) is 16.3 Å². The highest BCUT2D eigenvalue weighted by molar-refractivity contribution is 7.90. The number of guanidine groups is 1. The summed E-state index contributed by atoms with van der Waals surface area (Å²) >= 11 is 0. The second-order valence-electron chi connectivity index (χ2n) is 6.24. The number of rotatable bonds is 7. The van der Waals surface area contributed by atoms with Gasteiger partial charge in [0.1, 0.15) is 21.7 Å². The zero-order valence-corrected chi connectivity index (χ0v) is 15.4. The molecule has 0 spiro atoms. The lowest BCUT2D eigenvalue weighted by Gasteiger charge is -2.18. The smallest absolute Gasteiger partial charge is 0.191 e. The van der Waals surface area contributed by atoms with Gasteiger partial charge in [0, 0.05) is 25.3 Å². The maximum Gasteiger partial charge on any atom is 0.191 e. The minimum atomic E-state index is -2.94. The average molecular weight is 353 g/mol. The van der Waals surface area contributed by atoms with Gasteiger partial charge in [0.05, 0.1) is 12.3 Å². The van der Waals surface area contributed by atoms with Crippen molar-refractivity contribution in [2.24, 2.45) is 4.99 Å². The molecule has 1 aliphatic heterocycles. The molecule has 1 aromatic carbocycles. The van der Waals surface area contributed by atoms with Crippen molar-refractivity contribution in [3.05, 3.63) is 29.8 Å². The number of hydrogen-bond donors (Lipinski definition) is 2. The van der Waals surface area contributed by atoms with Crippen LogP contribution in [0.2, 0.25) is 0 Å². The highest BCUT2D eigenvalue weighted by Gasteiger charge is 2.22. The van der Waals surface area contributed by atoms with Crippen LogP contribution in [0, 0.1) is 0 Å². The third kappa shape index (κ3) is 6.03. The molecule has 2 unspecified atom stereocenters. The molecule has 1 heterocycles. The molecule has 0 bridgehead atoms. The van der Waals surface area contributed by atoms with Crippen LogP contribution < -0.4 is 15.4 Å². The molecule has 2 rings (SSSR count). The van der Waals surface area contributed by atoms with Gasteiger partial charge in [-0.25, -0.2) is 13.4 Å². The zero-order valence-electron chi connectivity index (χ0n) is 14.6. The molecule has 2 N–H and O–H groups in total. The van der Waals surface area contributed by atoms with Gasteiger partial charge < -0.3 is 15.4 Å². The highest BCUT2D eigenvalue weighted by atomic mass is 32.2. The summed E-state index contributed by atoms with van der Waals surface area (Å²) in [5, 5.41) is 6.44. The fraction of sp³-hybridized carbons (Fsp3) is 0.588. The molecule has 0 saturated carbocycles. The molecule has 0 fully saturated rings. The van der Waals surface area contributed by atoms with Crippen LogP contribution in [-0.4, -0.2) is 51.6 Å². The second kappa shape index (κ2) is 8.37. The molecule has 0 amide bonds. The van der Waals surface area contributed by atoms with E-state index in [1.807, 2.05) is 32.0 Å². The van der Waals surface area contributed by atoms with Crippen LogP contribution in [0.4, 0.5) is 0 Å². The van der Waals surface area contributed by atoms with E-state index in [4.69, 9.17) is 4.74 Å². The van der Waals surface area contributed by atoms with E-state index in [2.05, 4.69) is 21.7 Å². The molecular formula is C17H27N3O3S. The van der Waals surface area contributed by atoms with Gasteiger partial charge in [-0.2, -0.15) is 0 Å².